The van der Waals surface area contributed by atoms with Crippen LogP contribution in [-0.4, -0.2) is 36.2 Å². The molecule has 0 saturated carbocycles. The molecule has 0 aliphatic heterocycles. The minimum atomic E-state index is -1.10. The van der Waals surface area contributed by atoms with Crippen LogP contribution in [0.3, 0.4) is 0 Å². The minimum absolute atomic E-state index is 0.0394. The number of carbonyl (C=O) groups excluding carboxylic acids is 1. The van der Waals surface area contributed by atoms with Gasteiger partial charge in [0.1, 0.15) is 5.01 Å². The SMILES string of the molecule is COc1ccc(-c2nc(CC(=O)Nc3ccccc3C(=O)O)cs2)cc1OC. The highest BCUT2D eigenvalue weighted by Crippen LogP contribution is 2.33. The zero-order chi connectivity index (χ0) is 20.1. The molecule has 1 aromatic heterocycles. The number of benzene rings is 2. The Balaban J connectivity index is 1.73. The molecule has 0 fully saturated rings. The molecule has 0 aliphatic carbocycles. The summed E-state index contributed by atoms with van der Waals surface area (Å²) >= 11 is 1.41. The lowest BCUT2D eigenvalue weighted by atomic mass is 10.1. The van der Waals surface area contributed by atoms with Crippen LogP contribution < -0.4 is 14.8 Å². The molecule has 3 aromatic rings. The summed E-state index contributed by atoms with van der Waals surface area (Å²) in [6.07, 6.45) is 0.0394. The van der Waals surface area contributed by atoms with Crippen molar-refractivity contribution < 1.29 is 24.2 Å². The van der Waals surface area contributed by atoms with Gasteiger partial charge in [-0.3, -0.25) is 4.79 Å². The fourth-order valence-electron chi connectivity index (χ4n) is 2.63. The third-order valence-electron chi connectivity index (χ3n) is 3.96. The minimum Gasteiger partial charge on any atom is -0.493 e. The van der Waals surface area contributed by atoms with Gasteiger partial charge < -0.3 is 19.9 Å². The Hall–Kier alpha value is -3.39. The number of amides is 1. The van der Waals surface area contributed by atoms with E-state index in [9.17, 15) is 14.7 Å². The summed E-state index contributed by atoms with van der Waals surface area (Å²) in [6.45, 7) is 0. The molecule has 0 unspecified atom stereocenters. The van der Waals surface area contributed by atoms with E-state index in [1.807, 2.05) is 12.1 Å². The number of nitrogens with zero attached hydrogens (tertiary/aromatic N) is 1. The van der Waals surface area contributed by atoms with Crippen molar-refractivity contribution in [3.8, 4) is 22.1 Å². The molecule has 0 bridgehead atoms. The second-order valence-electron chi connectivity index (χ2n) is 5.79. The summed E-state index contributed by atoms with van der Waals surface area (Å²) in [5, 5.41) is 14.4. The van der Waals surface area contributed by atoms with Gasteiger partial charge in [-0.25, -0.2) is 9.78 Å². The maximum Gasteiger partial charge on any atom is 0.337 e. The standard InChI is InChI=1S/C20H18N2O5S/c1-26-16-8-7-12(9-17(16)27-2)19-21-13(11-28-19)10-18(23)22-15-6-4-3-5-14(15)20(24)25/h3-9,11H,10H2,1-2H3,(H,22,23)(H,24,25). The third kappa shape index (κ3) is 4.29. The van der Waals surface area contributed by atoms with E-state index in [0.717, 1.165) is 10.6 Å². The van der Waals surface area contributed by atoms with Crippen molar-refractivity contribution >= 4 is 28.9 Å². The highest BCUT2D eigenvalue weighted by molar-refractivity contribution is 7.13. The summed E-state index contributed by atoms with van der Waals surface area (Å²) in [5.74, 6) is -0.211. The predicted molar refractivity (Wildman–Crippen MR) is 106 cm³/mol. The van der Waals surface area contributed by atoms with E-state index >= 15 is 0 Å². The number of nitrogens with one attached hydrogen (secondary N) is 1. The average Bonchev–Trinajstić information content (AvgIpc) is 3.15. The summed E-state index contributed by atoms with van der Waals surface area (Å²) < 4.78 is 10.5. The van der Waals surface area contributed by atoms with Gasteiger partial charge in [-0.2, -0.15) is 0 Å². The number of thiazole rings is 1. The molecule has 1 amide bonds. The quantitative estimate of drug-likeness (QED) is 0.630. The van der Waals surface area contributed by atoms with Crippen molar-refractivity contribution in [3.63, 3.8) is 0 Å². The van der Waals surface area contributed by atoms with Crippen LogP contribution in [-0.2, 0) is 11.2 Å². The Kier molecular flexibility index (Phi) is 5.90. The van der Waals surface area contributed by atoms with Crippen LogP contribution in [0.5, 0.6) is 11.5 Å². The Labute approximate surface area is 165 Å². The third-order valence-corrected chi connectivity index (χ3v) is 4.90. The topological polar surface area (TPSA) is 97.8 Å². The molecule has 0 spiro atoms. The lowest BCUT2D eigenvalue weighted by Gasteiger charge is -2.08. The number of ether oxygens (including phenoxy) is 2. The van der Waals surface area contributed by atoms with Gasteiger partial charge in [0.15, 0.2) is 11.5 Å². The molecular formula is C20H18N2O5S. The zero-order valence-electron chi connectivity index (χ0n) is 15.3. The van der Waals surface area contributed by atoms with Crippen LogP contribution in [0, 0.1) is 0 Å². The number of aromatic nitrogens is 1. The van der Waals surface area contributed by atoms with E-state index in [1.165, 1.54) is 17.4 Å². The van der Waals surface area contributed by atoms with Crippen LogP contribution in [0.15, 0.2) is 47.8 Å². The normalized spacial score (nSPS) is 10.4. The summed E-state index contributed by atoms with van der Waals surface area (Å²) in [6, 6.07) is 11.8. The van der Waals surface area contributed by atoms with Crippen molar-refractivity contribution in [1.82, 2.24) is 4.98 Å². The van der Waals surface area contributed by atoms with Gasteiger partial charge in [-0.15, -0.1) is 11.3 Å². The molecule has 2 N–H and O–H groups in total. The number of para-hydroxylation sites is 1. The molecule has 144 valence electrons. The first kappa shape index (κ1) is 19.4. The Morgan fingerprint density at radius 3 is 2.57 bits per heavy atom. The molecule has 28 heavy (non-hydrogen) atoms. The summed E-state index contributed by atoms with van der Waals surface area (Å²) in [4.78, 5) is 28.0. The lowest BCUT2D eigenvalue weighted by molar-refractivity contribution is -0.115. The molecule has 0 saturated heterocycles. The van der Waals surface area contributed by atoms with E-state index in [4.69, 9.17) is 9.47 Å². The van der Waals surface area contributed by atoms with Crippen LogP contribution in [0.4, 0.5) is 5.69 Å². The maximum atomic E-state index is 12.3. The molecule has 1 heterocycles. The van der Waals surface area contributed by atoms with E-state index in [0.29, 0.717) is 17.2 Å². The van der Waals surface area contributed by atoms with Gasteiger partial charge in [-0.05, 0) is 30.3 Å². The van der Waals surface area contributed by atoms with Crippen LogP contribution in [0.25, 0.3) is 10.6 Å². The van der Waals surface area contributed by atoms with Gasteiger partial charge >= 0.3 is 5.97 Å². The highest BCUT2D eigenvalue weighted by atomic mass is 32.1. The monoisotopic (exact) mass is 398 g/mol. The molecule has 0 atom stereocenters. The maximum absolute atomic E-state index is 12.3. The van der Waals surface area contributed by atoms with Crippen molar-refractivity contribution in [2.24, 2.45) is 0 Å². The van der Waals surface area contributed by atoms with E-state index in [-0.39, 0.29) is 23.6 Å². The fourth-order valence-corrected chi connectivity index (χ4v) is 3.44. The predicted octanol–water partition coefficient (Wildman–Crippen LogP) is 3.71. The van der Waals surface area contributed by atoms with Crippen LogP contribution >= 0.6 is 11.3 Å². The van der Waals surface area contributed by atoms with Gasteiger partial charge in [0.25, 0.3) is 0 Å². The van der Waals surface area contributed by atoms with Gasteiger partial charge in [-0.1, -0.05) is 12.1 Å². The Morgan fingerprint density at radius 2 is 1.86 bits per heavy atom. The first-order valence-electron chi connectivity index (χ1n) is 8.30. The molecule has 3 rings (SSSR count). The van der Waals surface area contributed by atoms with Crippen LogP contribution in [0.1, 0.15) is 16.1 Å². The number of rotatable bonds is 7. The molecule has 0 aliphatic rings. The molecule has 2 aromatic carbocycles. The number of carbonyl (C=O) groups is 2. The number of carboxylic acid groups (broad SMARTS) is 1. The second kappa shape index (κ2) is 8.53. The average molecular weight is 398 g/mol. The van der Waals surface area contributed by atoms with Crippen molar-refractivity contribution in [2.45, 2.75) is 6.42 Å². The van der Waals surface area contributed by atoms with Gasteiger partial charge in [0.05, 0.1) is 37.6 Å². The summed E-state index contributed by atoms with van der Waals surface area (Å²) in [5.41, 5.74) is 1.75. The van der Waals surface area contributed by atoms with E-state index in [1.54, 1.807) is 43.9 Å². The Bertz CT molecular complexity index is 1020. The van der Waals surface area contributed by atoms with Crippen molar-refractivity contribution in [3.05, 3.63) is 59.1 Å². The number of hydrogen-bond donors (Lipinski definition) is 2. The highest BCUT2D eigenvalue weighted by Gasteiger charge is 2.14. The van der Waals surface area contributed by atoms with Crippen molar-refractivity contribution in [2.75, 3.05) is 19.5 Å². The number of anilines is 1. The molecule has 7 nitrogen and oxygen atoms in total. The number of carboxylic acids is 1. The van der Waals surface area contributed by atoms with E-state index < -0.39 is 5.97 Å². The number of methoxy groups -OCH3 is 2. The lowest BCUT2D eigenvalue weighted by Crippen LogP contribution is -2.16. The largest absolute Gasteiger partial charge is 0.493 e. The molecule has 8 heteroatoms. The van der Waals surface area contributed by atoms with Crippen molar-refractivity contribution in [1.29, 1.82) is 0 Å². The molecule has 0 radical (unpaired) electrons. The number of hydrogen-bond acceptors (Lipinski definition) is 6. The van der Waals surface area contributed by atoms with Gasteiger partial charge in [0.2, 0.25) is 5.91 Å². The Morgan fingerprint density at radius 1 is 1.11 bits per heavy atom. The number of aromatic carboxylic acids is 1. The smallest absolute Gasteiger partial charge is 0.337 e. The first-order chi connectivity index (χ1) is 13.5. The molecular weight excluding hydrogens is 380 g/mol. The summed E-state index contributed by atoms with van der Waals surface area (Å²) in [7, 11) is 3.13. The first-order valence-corrected chi connectivity index (χ1v) is 9.18. The fraction of sp³-hybridized carbons (Fsp3) is 0.150. The zero-order valence-corrected chi connectivity index (χ0v) is 16.1. The van der Waals surface area contributed by atoms with Crippen LogP contribution in [0.2, 0.25) is 0 Å². The van der Waals surface area contributed by atoms with Gasteiger partial charge in [0, 0.05) is 10.9 Å². The second-order valence-corrected chi connectivity index (χ2v) is 6.65. The van der Waals surface area contributed by atoms with E-state index in [2.05, 4.69) is 10.3 Å².